The summed E-state index contributed by atoms with van der Waals surface area (Å²) < 4.78 is 0. The van der Waals surface area contributed by atoms with E-state index in [4.69, 9.17) is 20.7 Å². The Hall–Kier alpha value is -9.43. The van der Waals surface area contributed by atoms with Crippen molar-refractivity contribution >= 4 is 90.6 Å². The van der Waals surface area contributed by atoms with E-state index in [0.717, 1.165) is 92.4 Å². The minimum atomic E-state index is 0.719. The zero-order chi connectivity index (χ0) is 53.0. The largest absolute Gasteiger partial charge is 0.398 e. The van der Waals surface area contributed by atoms with Gasteiger partial charge in [0.15, 0.2) is 0 Å². The molecule has 0 saturated heterocycles. The van der Waals surface area contributed by atoms with Gasteiger partial charge in [-0.1, -0.05) is 165 Å². The number of nitrogens with zero attached hydrogens (tertiary/aromatic N) is 3. The number of rotatable bonds is 11. The molecule has 9 aromatic carbocycles. The van der Waals surface area contributed by atoms with E-state index in [1.54, 1.807) is 0 Å². The lowest BCUT2D eigenvalue weighted by molar-refractivity contribution is 0.959. The number of benzene rings is 9. The van der Waals surface area contributed by atoms with Gasteiger partial charge >= 0.3 is 0 Å². The van der Waals surface area contributed by atoms with Crippen LogP contribution < -0.4 is 5.73 Å². The van der Waals surface area contributed by atoms with Gasteiger partial charge in [-0.3, -0.25) is 9.98 Å². The molecule has 10 aromatic rings. The Kier molecular flexibility index (Phi) is 12.3. The summed E-state index contributed by atoms with van der Waals surface area (Å²) in [5.41, 5.74) is 36.8. The number of aliphatic imine (C=N–C) groups is 2. The molecule has 78 heavy (non-hydrogen) atoms. The number of hydrogen-bond acceptors (Lipinski definition) is 4. The molecule has 0 radical (unpaired) electrons. The SMILES string of the molecule is C\C=C/C=N/C(=C\C=C/CCC)c1c2c(c(-c3cccc4cccnc34)c3ccccc13)Cc1c-2cc2c(/C=C\C)c3c(cc2c1C)-c1c(c(-c2cccc(/C=C\C)c2N)c2ccccc2c1-c1cccc2c1N=C=C=C2)C3. The third-order valence-electron chi connectivity index (χ3n) is 16.3. The summed E-state index contributed by atoms with van der Waals surface area (Å²) in [5.74, 6) is 3.08. The molecule has 2 aliphatic carbocycles. The minimum absolute atomic E-state index is 0.719. The Labute approximate surface area is 456 Å². The van der Waals surface area contributed by atoms with Crippen LogP contribution in [0, 0.1) is 6.92 Å². The van der Waals surface area contributed by atoms with Crippen LogP contribution in [0.1, 0.15) is 90.6 Å². The molecule has 2 N–H and O–H groups in total. The lowest BCUT2D eigenvalue weighted by atomic mass is 9.81. The van der Waals surface area contributed by atoms with Crippen LogP contribution in [0.25, 0.3) is 123 Å². The number of allylic oxidation sites excluding steroid dienone is 7. The highest BCUT2D eigenvalue weighted by Gasteiger charge is 2.36. The van der Waals surface area contributed by atoms with Crippen molar-refractivity contribution in [1.29, 1.82) is 0 Å². The summed E-state index contributed by atoms with van der Waals surface area (Å²) in [6.45, 7) is 10.8. The van der Waals surface area contributed by atoms with Gasteiger partial charge < -0.3 is 5.73 Å². The maximum Gasteiger partial charge on any atom is 0.0894 e. The summed E-state index contributed by atoms with van der Waals surface area (Å²) >= 11 is 0. The molecule has 0 saturated carbocycles. The maximum atomic E-state index is 7.30. The second-order valence-electron chi connectivity index (χ2n) is 20.6. The van der Waals surface area contributed by atoms with E-state index < -0.39 is 0 Å². The average molecular weight is 1000 g/mol. The fraction of sp³-hybridized carbons (Fsp3) is 0.122. The second-order valence-corrected chi connectivity index (χ2v) is 20.6. The zero-order valence-electron chi connectivity index (χ0n) is 44.8. The molecule has 2 heterocycles. The molecule has 0 bridgehead atoms. The summed E-state index contributed by atoms with van der Waals surface area (Å²) in [5, 5.41) is 8.29. The van der Waals surface area contributed by atoms with Gasteiger partial charge in [-0.15, -0.1) is 0 Å². The molecule has 4 heteroatoms. The predicted octanol–water partition coefficient (Wildman–Crippen LogP) is 19.6. The molecule has 0 amide bonds. The van der Waals surface area contributed by atoms with Crippen molar-refractivity contribution < 1.29 is 0 Å². The first-order chi connectivity index (χ1) is 38.4. The number of aryl methyl sites for hydroxylation is 1. The van der Waals surface area contributed by atoms with Crippen molar-refractivity contribution in [3.8, 4) is 55.6 Å². The lowest BCUT2D eigenvalue weighted by Gasteiger charge is -2.22. The van der Waals surface area contributed by atoms with Crippen LogP contribution in [-0.4, -0.2) is 17.1 Å². The van der Waals surface area contributed by atoms with E-state index in [1.165, 1.54) is 99.3 Å². The van der Waals surface area contributed by atoms with Crippen LogP contribution in [0.2, 0.25) is 0 Å². The monoisotopic (exact) mass is 1000 g/mol. The fourth-order valence-corrected chi connectivity index (χ4v) is 12.9. The first-order valence-electron chi connectivity index (χ1n) is 27.4. The third kappa shape index (κ3) is 7.64. The number of aromatic nitrogens is 1. The van der Waals surface area contributed by atoms with Crippen LogP contribution in [0.5, 0.6) is 0 Å². The zero-order valence-corrected chi connectivity index (χ0v) is 44.8. The number of fused-ring (bicyclic) bond motifs is 11. The molecule has 0 unspecified atom stereocenters. The standard InChI is InChI=1S/C74H58N4/c1-6-10-12-13-37-65(76-38-11-7-2)71-53-33-17-15-31-51(53)67(55-35-19-26-47-28-21-39-77-73(47)55)63-42-58-45(5)57-41-62-60(49(24-9-4)59(57)43-61(58)70(63)71)44-64-66(54-34-18-25-46(23-8-3)72(54)75)50-30-14-16-32-52(50)68(69(62)64)56-36-20-27-48-29-22-40-78-74(48)56/h7-9,11-21,23-39,41,43H,6,10,42,44,75H2,1-5H3/b11-7-,13-12-,23-8-,24-9-,65-37-,76-38+. The van der Waals surface area contributed by atoms with Crippen molar-refractivity contribution in [3.63, 3.8) is 0 Å². The molecule has 0 spiro atoms. The van der Waals surface area contributed by atoms with Crippen LogP contribution in [-0.2, 0) is 12.8 Å². The number of pyridine rings is 1. The van der Waals surface area contributed by atoms with Gasteiger partial charge in [-0.05, 0) is 199 Å². The first kappa shape index (κ1) is 48.2. The summed E-state index contributed by atoms with van der Waals surface area (Å²) in [6.07, 6.45) is 28.9. The van der Waals surface area contributed by atoms with E-state index in [-0.39, 0.29) is 0 Å². The number of nitrogen functional groups attached to an aromatic ring is 1. The highest BCUT2D eigenvalue weighted by molar-refractivity contribution is 6.20. The van der Waals surface area contributed by atoms with Gasteiger partial charge in [0.25, 0.3) is 0 Å². The van der Waals surface area contributed by atoms with E-state index in [1.807, 2.05) is 50.6 Å². The molecule has 4 nitrogen and oxygen atoms in total. The number of anilines is 1. The highest BCUT2D eigenvalue weighted by atomic mass is 14.7. The predicted molar refractivity (Wildman–Crippen MR) is 336 cm³/mol. The van der Waals surface area contributed by atoms with Crippen LogP contribution >= 0.6 is 0 Å². The number of nitrogens with two attached hydrogens (primary N) is 1. The van der Waals surface area contributed by atoms with Gasteiger partial charge in [-0.25, -0.2) is 0 Å². The van der Waals surface area contributed by atoms with Crippen molar-refractivity contribution in [2.45, 2.75) is 60.3 Å². The van der Waals surface area contributed by atoms with Crippen molar-refractivity contribution in [2.24, 2.45) is 9.98 Å². The quantitative estimate of drug-likeness (QED) is 0.0607. The fourth-order valence-electron chi connectivity index (χ4n) is 12.9. The van der Waals surface area contributed by atoms with Gasteiger partial charge in [0.1, 0.15) is 0 Å². The van der Waals surface area contributed by atoms with Crippen LogP contribution in [0.4, 0.5) is 11.4 Å². The number of para-hydroxylation sites is 3. The Morgan fingerprint density at radius 3 is 2.10 bits per heavy atom. The smallest absolute Gasteiger partial charge is 0.0894 e. The van der Waals surface area contributed by atoms with Crippen molar-refractivity contribution in [2.75, 3.05) is 5.73 Å². The Morgan fingerprint density at radius 1 is 0.615 bits per heavy atom. The second kappa shape index (κ2) is 19.9. The van der Waals surface area contributed by atoms with Crippen molar-refractivity contribution in [3.05, 3.63) is 232 Å². The molecule has 0 fully saturated rings. The third-order valence-corrected chi connectivity index (χ3v) is 16.3. The van der Waals surface area contributed by atoms with E-state index in [2.05, 4.69) is 196 Å². The Balaban J connectivity index is 1.15. The van der Waals surface area contributed by atoms with Crippen molar-refractivity contribution in [1.82, 2.24) is 4.98 Å². The lowest BCUT2D eigenvalue weighted by Crippen LogP contribution is -1.99. The normalized spacial score (nSPS) is 13.5. The Bertz CT molecular complexity index is 4510. The maximum absolute atomic E-state index is 7.30. The summed E-state index contributed by atoms with van der Waals surface area (Å²) in [4.78, 5) is 15.3. The van der Waals surface area contributed by atoms with Gasteiger partial charge in [0, 0.05) is 57.2 Å². The van der Waals surface area contributed by atoms with Crippen LogP contribution in [0.3, 0.4) is 0 Å². The molecular formula is C74H58N4. The summed E-state index contributed by atoms with van der Waals surface area (Å²) in [7, 11) is 0. The van der Waals surface area contributed by atoms with E-state index >= 15 is 0 Å². The van der Waals surface area contributed by atoms with Gasteiger partial charge in [-0.2, -0.15) is 4.99 Å². The molecular weight excluding hydrogens is 945 g/mol. The molecule has 1 aliphatic heterocycles. The number of unbranched alkanes of at least 4 members (excludes halogenated alkanes) is 1. The molecule has 0 atom stereocenters. The average Bonchev–Trinajstić information content (AvgIpc) is 4.12. The molecule has 374 valence electrons. The van der Waals surface area contributed by atoms with E-state index in [0.29, 0.717) is 0 Å². The summed E-state index contributed by atoms with van der Waals surface area (Å²) in [6, 6.07) is 46.7. The molecule has 3 aliphatic rings. The van der Waals surface area contributed by atoms with Crippen LogP contribution in [0.15, 0.2) is 192 Å². The first-order valence-corrected chi connectivity index (χ1v) is 27.4. The minimum Gasteiger partial charge on any atom is -0.398 e. The molecule has 13 rings (SSSR count). The van der Waals surface area contributed by atoms with E-state index in [9.17, 15) is 0 Å². The molecule has 1 aromatic heterocycles. The topological polar surface area (TPSA) is 63.6 Å². The number of hydrogen-bond donors (Lipinski definition) is 1. The highest BCUT2D eigenvalue weighted by Crippen LogP contribution is 2.58. The van der Waals surface area contributed by atoms with Gasteiger partial charge in [0.05, 0.1) is 16.9 Å². The van der Waals surface area contributed by atoms with Gasteiger partial charge in [0.2, 0.25) is 0 Å². The Morgan fingerprint density at radius 2 is 1.29 bits per heavy atom.